The van der Waals surface area contributed by atoms with E-state index in [1.807, 2.05) is 32.9 Å². The van der Waals surface area contributed by atoms with Crippen LogP contribution in [0.5, 0.6) is 5.75 Å². The van der Waals surface area contributed by atoms with Crippen LogP contribution in [0.3, 0.4) is 0 Å². The second kappa shape index (κ2) is 8.11. The van der Waals surface area contributed by atoms with Crippen molar-refractivity contribution in [2.24, 2.45) is 5.92 Å². The van der Waals surface area contributed by atoms with Crippen LogP contribution in [0.15, 0.2) is 42.5 Å². The first-order valence-electron chi connectivity index (χ1n) is 8.01. The van der Waals surface area contributed by atoms with Gasteiger partial charge in [-0.2, -0.15) is 5.26 Å². The molecule has 0 unspecified atom stereocenters. The second-order valence-corrected chi connectivity index (χ2v) is 5.62. The third-order valence-electron chi connectivity index (χ3n) is 3.95. The highest BCUT2D eigenvalue weighted by molar-refractivity contribution is 6.15. The lowest BCUT2D eigenvalue weighted by Gasteiger charge is -2.13. The fourth-order valence-electron chi connectivity index (χ4n) is 2.40. The number of nitrogens with one attached hydrogen (secondary N) is 1. The first-order chi connectivity index (χ1) is 12.0. The average Bonchev–Trinajstić information content (AvgIpc) is 2.60. The minimum Gasteiger partial charge on any atom is -0.494 e. The summed E-state index contributed by atoms with van der Waals surface area (Å²) in [5.41, 5.74) is 2.79. The quantitative estimate of drug-likeness (QED) is 0.645. The maximum absolute atomic E-state index is 12.6. The highest BCUT2D eigenvalue weighted by Crippen LogP contribution is 2.21. The molecule has 0 saturated heterocycles. The molecule has 0 saturated carbocycles. The highest BCUT2D eigenvalue weighted by Gasteiger charge is 2.28. The number of nitriles is 1. The summed E-state index contributed by atoms with van der Waals surface area (Å²) in [7, 11) is 0. The lowest BCUT2D eigenvalue weighted by atomic mass is 9.97. The molecule has 0 spiro atoms. The number of nitrogens with zero attached hydrogens (tertiary/aromatic N) is 1. The zero-order valence-corrected chi connectivity index (χ0v) is 14.5. The summed E-state index contributed by atoms with van der Waals surface area (Å²) in [6.07, 6.45) is 0. The summed E-state index contributed by atoms with van der Waals surface area (Å²) in [6, 6.07) is 13.8. The third kappa shape index (κ3) is 4.24. The fraction of sp³-hybridized carbons (Fsp3) is 0.250. The molecule has 0 bridgehead atoms. The van der Waals surface area contributed by atoms with E-state index in [0.29, 0.717) is 18.0 Å². The summed E-state index contributed by atoms with van der Waals surface area (Å²) in [5, 5.41) is 12.0. The van der Waals surface area contributed by atoms with Crippen LogP contribution in [0.4, 0.5) is 5.69 Å². The molecule has 2 aromatic rings. The van der Waals surface area contributed by atoms with Crippen molar-refractivity contribution in [3.05, 3.63) is 59.2 Å². The summed E-state index contributed by atoms with van der Waals surface area (Å²) in [4.78, 5) is 25.0. The number of ketones is 1. The van der Waals surface area contributed by atoms with Gasteiger partial charge in [0.1, 0.15) is 5.75 Å². The molecule has 2 aromatic carbocycles. The summed E-state index contributed by atoms with van der Waals surface area (Å²) < 4.78 is 5.36. The van der Waals surface area contributed by atoms with Crippen molar-refractivity contribution in [3.63, 3.8) is 0 Å². The number of hydrogen-bond donors (Lipinski definition) is 1. The van der Waals surface area contributed by atoms with Gasteiger partial charge in [-0.25, -0.2) is 0 Å². The van der Waals surface area contributed by atoms with Crippen LogP contribution in [0, 0.1) is 31.1 Å². The number of aryl methyl sites for hydroxylation is 1. The van der Waals surface area contributed by atoms with E-state index >= 15 is 0 Å². The van der Waals surface area contributed by atoms with Gasteiger partial charge in [-0.05, 0) is 50.1 Å². The molecule has 0 heterocycles. The van der Waals surface area contributed by atoms with Crippen LogP contribution >= 0.6 is 0 Å². The topological polar surface area (TPSA) is 79.2 Å². The second-order valence-electron chi connectivity index (χ2n) is 5.62. The van der Waals surface area contributed by atoms with E-state index in [1.54, 1.807) is 36.4 Å². The average molecular weight is 336 g/mol. The van der Waals surface area contributed by atoms with Crippen molar-refractivity contribution in [2.75, 3.05) is 11.9 Å². The van der Waals surface area contributed by atoms with Gasteiger partial charge >= 0.3 is 0 Å². The normalized spacial score (nSPS) is 11.3. The first-order valence-corrected chi connectivity index (χ1v) is 8.01. The minimum absolute atomic E-state index is 0.272. The Kier molecular flexibility index (Phi) is 5.91. The molecule has 0 aliphatic heterocycles. The van der Waals surface area contributed by atoms with Crippen LogP contribution < -0.4 is 10.1 Å². The summed E-state index contributed by atoms with van der Waals surface area (Å²) in [6.45, 7) is 6.10. The van der Waals surface area contributed by atoms with Gasteiger partial charge in [-0.1, -0.05) is 24.3 Å². The molecule has 2 rings (SSSR count). The van der Waals surface area contributed by atoms with Crippen LogP contribution in [-0.2, 0) is 4.79 Å². The largest absolute Gasteiger partial charge is 0.494 e. The molecule has 5 heteroatoms. The van der Waals surface area contributed by atoms with Gasteiger partial charge in [0.05, 0.1) is 12.7 Å². The van der Waals surface area contributed by atoms with Gasteiger partial charge in [0.25, 0.3) is 0 Å². The molecule has 0 aliphatic rings. The van der Waals surface area contributed by atoms with Crippen LogP contribution in [0.2, 0.25) is 0 Å². The molecule has 25 heavy (non-hydrogen) atoms. The molecule has 1 atom stereocenters. The predicted octanol–water partition coefficient (Wildman–Crippen LogP) is 3.66. The van der Waals surface area contributed by atoms with E-state index in [2.05, 4.69) is 5.32 Å². The number of Topliss-reactive ketones (excluding diaryl/α,β-unsaturated/α-hetero) is 1. The van der Waals surface area contributed by atoms with Crippen LogP contribution in [0.25, 0.3) is 0 Å². The van der Waals surface area contributed by atoms with Crippen molar-refractivity contribution in [1.82, 2.24) is 0 Å². The van der Waals surface area contributed by atoms with E-state index in [4.69, 9.17) is 4.74 Å². The molecular weight excluding hydrogens is 316 g/mol. The number of benzene rings is 2. The van der Waals surface area contributed by atoms with Gasteiger partial charge in [0.2, 0.25) is 5.91 Å². The Labute approximate surface area is 147 Å². The number of anilines is 1. The minimum atomic E-state index is -1.42. The Hall–Kier alpha value is -3.13. The molecule has 5 nitrogen and oxygen atoms in total. The van der Waals surface area contributed by atoms with E-state index in [1.165, 1.54) is 0 Å². The van der Waals surface area contributed by atoms with Crippen molar-refractivity contribution < 1.29 is 14.3 Å². The first kappa shape index (κ1) is 18.2. The maximum Gasteiger partial charge on any atom is 0.249 e. The van der Waals surface area contributed by atoms with Gasteiger partial charge in [0.15, 0.2) is 11.7 Å². The Morgan fingerprint density at radius 1 is 1.20 bits per heavy atom. The van der Waals surface area contributed by atoms with Crippen LogP contribution in [-0.4, -0.2) is 18.3 Å². The van der Waals surface area contributed by atoms with Crippen LogP contribution in [0.1, 0.15) is 28.4 Å². The fourth-order valence-corrected chi connectivity index (χ4v) is 2.40. The standard InChI is InChI=1S/C20H20N2O3/c1-4-25-16-9-6-8-15(11-16)19(23)17(12-21)20(24)22-18-10-5-7-13(2)14(18)3/h5-11,17H,4H2,1-3H3,(H,22,24)/t17-/m0/s1. The SMILES string of the molecule is CCOc1cccc(C(=O)[C@H](C#N)C(=O)Nc2cccc(C)c2C)c1. The summed E-state index contributed by atoms with van der Waals surface area (Å²) >= 11 is 0. The van der Waals surface area contributed by atoms with Gasteiger partial charge < -0.3 is 10.1 Å². The smallest absolute Gasteiger partial charge is 0.249 e. The third-order valence-corrected chi connectivity index (χ3v) is 3.95. The number of hydrogen-bond acceptors (Lipinski definition) is 4. The van der Waals surface area contributed by atoms with Crippen molar-refractivity contribution in [1.29, 1.82) is 5.26 Å². The molecule has 0 radical (unpaired) electrons. The molecule has 0 aliphatic carbocycles. The molecular formula is C20H20N2O3. The highest BCUT2D eigenvalue weighted by atomic mass is 16.5. The van der Waals surface area contributed by atoms with Crippen molar-refractivity contribution >= 4 is 17.4 Å². The predicted molar refractivity (Wildman–Crippen MR) is 95.6 cm³/mol. The number of ether oxygens (including phenoxy) is 1. The lowest BCUT2D eigenvalue weighted by Crippen LogP contribution is -2.29. The zero-order valence-electron chi connectivity index (χ0n) is 14.5. The molecule has 0 aromatic heterocycles. The van der Waals surface area contributed by atoms with E-state index in [9.17, 15) is 14.9 Å². The van der Waals surface area contributed by atoms with Gasteiger partial charge in [-0.3, -0.25) is 9.59 Å². The Balaban J connectivity index is 2.22. The van der Waals surface area contributed by atoms with Crippen molar-refractivity contribution in [2.45, 2.75) is 20.8 Å². The lowest BCUT2D eigenvalue weighted by molar-refractivity contribution is -0.117. The number of amides is 1. The van der Waals surface area contributed by atoms with E-state index < -0.39 is 17.6 Å². The molecule has 1 amide bonds. The van der Waals surface area contributed by atoms with E-state index in [-0.39, 0.29) is 5.56 Å². The monoisotopic (exact) mass is 336 g/mol. The van der Waals surface area contributed by atoms with E-state index in [0.717, 1.165) is 11.1 Å². The number of carbonyl (C=O) groups excluding carboxylic acids is 2. The molecule has 0 fully saturated rings. The Bertz CT molecular complexity index is 837. The van der Waals surface area contributed by atoms with Gasteiger partial charge in [0, 0.05) is 11.3 Å². The zero-order chi connectivity index (χ0) is 18.4. The molecule has 1 N–H and O–H groups in total. The number of carbonyl (C=O) groups is 2. The maximum atomic E-state index is 12.6. The van der Waals surface area contributed by atoms with Gasteiger partial charge in [-0.15, -0.1) is 0 Å². The molecule has 128 valence electrons. The summed E-state index contributed by atoms with van der Waals surface area (Å²) in [5.74, 6) is -2.08. The van der Waals surface area contributed by atoms with Crippen molar-refractivity contribution in [3.8, 4) is 11.8 Å². The number of rotatable bonds is 6. The Morgan fingerprint density at radius 3 is 2.60 bits per heavy atom. The Morgan fingerprint density at radius 2 is 1.92 bits per heavy atom.